The molecule has 3 aromatic rings. The van der Waals surface area contributed by atoms with E-state index in [0.717, 1.165) is 58.7 Å². The van der Waals surface area contributed by atoms with Gasteiger partial charge in [0.2, 0.25) is 0 Å². The molecule has 0 saturated carbocycles. The van der Waals surface area contributed by atoms with Crippen molar-refractivity contribution in [2.45, 2.75) is 40.0 Å². The molecular weight excluding hydrogens is 398 g/mol. The summed E-state index contributed by atoms with van der Waals surface area (Å²) in [5, 5.41) is 9.16. The number of aryl methyl sites for hydroxylation is 3. The van der Waals surface area contributed by atoms with E-state index < -0.39 is 0 Å². The van der Waals surface area contributed by atoms with E-state index in [0.29, 0.717) is 10.6 Å². The maximum atomic E-state index is 12.9. The molecule has 0 bridgehead atoms. The van der Waals surface area contributed by atoms with Crippen LogP contribution in [0.5, 0.6) is 0 Å². The molecular formula is C23H23N3O3S. The Balaban J connectivity index is 1.59. The molecule has 30 heavy (non-hydrogen) atoms. The second-order valence-corrected chi connectivity index (χ2v) is 8.40. The molecule has 1 aromatic carbocycles. The van der Waals surface area contributed by atoms with Crippen LogP contribution in [0.4, 0.5) is 5.69 Å². The van der Waals surface area contributed by atoms with Gasteiger partial charge >= 0.3 is 0 Å². The molecule has 154 valence electrons. The summed E-state index contributed by atoms with van der Waals surface area (Å²) in [6, 6.07) is 9.51. The molecule has 0 spiro atoms. The smallest absolute Gasteiger partial charge is 0.291 e. The van der Waals surface area contributed by atoms with Crippen LogP contribution in [0.1, 0.15) is 61.1 Å². The molecule has 2 aromatic heterocycles. The van der Waals surface area contributed by atoms with Crippen LogP contribution in [0.3, 0.4) is 0 Å². The van der Waals surface area contributed by atoms with Crippen LogP contribution in [-0.2, 0) is 6.42 Å². The molecule has 6 nitrogen and oxygen atoms in total. The first-order valence-electron chi connectivity index (χ1n) is 9.85. The quantitative estimate of drug-likeness (QED) is 0.582. The van der Waals surface area contributed by atoms with Crippen LogP contribution >= 0.6 is 11.3 Å². The van der Waals surface area contributed by atoms with Crippen molar-refractivity contribution in [3.63, 3.8) is 0 Å². The summed E-state index contributed by atoms with van der Waals surface area (Å²) in [6.45, 7) is 5.80. The van der Waals surface area contributed by atoms with Crippen molar-refractivity contribution >= 4 is 34.6 Å². The van der Waals surface area contributed by atoms with Gasteiger partial charge in [-0.15, -0.1) is 11.3 Å². The lowest BCUT2D eigenvalue weighted by Crippen LogP contribution is -2.21. The third kappa shape index (κ3) is 3.93. The third-order valence-electron chi connectivity index (χ3n) is 5.21. The van der Waals surface area contributed by atoms with E-state index in [2.05, 4.69) is 15.8 Å². The number of anilines is 1. The van der Waals surface area contributed by atoms with Gasteiger partial charge in [-0.1, -0.05) is 18.2 Å². The molecule has 0 atom stereocenters. The van der Waals surface area contributed by atoms with Crippen molar-refractivity contribution in [1.29, 1.82) is 0 Å². The predicted molar refractivity (Wildman–Crippen MR) is 119 cm³/mol. The van der Waals surface area contributed by atoms with Crippen LogP contribution in [-0.4, -0.2) is 17.5 Å². The number of rotatable bonds is 4. The maximum Gasteiger partial charge on any atom is 0.291 e. The number of benzene rings is 1. The highest BCUT2D eigenvalue weighted by Crippen LogP contribution is 2.30. The third-order valence-corrected chi connectivity index (χ3v) is 6.08. The number of hydrazone groups is 1. The number of amides is 2. The summed E-state index contributed by atoms with van der Waals surface area (Å²) >= 11 is 1.36. The highest BCUT2D eigenvalue weighted by Gasteiger charge is 2.28. The summed E-state index contributed by atoms with van der Waals surface area (Å²) in [6.07, 6.45) is 2.31. The second kappa shape index (κ2) is 8.28. The Hall–Kier alpha value is -3.19. The average Bonchev–Trinajstić information content (AvgIpc) is 3.38. The average molecular weight is 422 g/mol. The zero-order chi connectivity index (χ0) is 21.3. The number of carbonyl (C=O) groups excluding carboxylic acids is 2. The fourth-order valence-corrected chi connectivity index (χ4v) is 4.24. The molecule has 1 aliphatic rings. The van der Waals surface area contributed by atoms with E-state index in [-0.39, 0.29) is 11.8 Å². The number of furan rings is 1. The van der Waals surface area contributed by atoms with Gasteiger partial charge in [0.05, 0.1) is 10.6 Å². The molecule has 0 fully saturated rings. The Bertz CT molecular complexity index is 1140. The minimum atomic E-state index is -0.280. The second-order valence-electron chi connectivity index (χ2n) is 7.46. The van der Waals surface area contributed by atoms with E-state index in [1.54, 1.807) is 6.07 Å². The first-order chi connectivity index (χ1) is 14.4. The van der Waals surface area contributed by atoms with E-state index in [1.807, 2.05) is 50.4 Å². The monoisotopic (exact) mass is 421 g/mol. The van der Waals surface area contributed by atoms with Crippen molar-refractivity contribution in [3.8, 4) is 0 Å². The number of thiophene rings is 1. The minimum Gasteiger partial charge on any atom is -0.455 e. The van der Waals surface area contributed by atoms with Crippen molar-refractivity contribution in [3.05, 3.63) is 74.4 Å². The predicted octanol–water partition coefficient (Wildman–Crippen LogP) is 4.99. The van der Waals surface area contributed by atoms with Crippen LogP contribution in [0.25, 0.3) is 0 Å². The van der Waals surface area contributed by atoms with Gasteiger partial charge in [-0.3, -0.25) is 9.59 Å². The molecule has 4 rings (SSSR count). The minimum absolute atomic E-state index is 0.237. The molecule has 0 saturated heterocycles. The molecule has 0 unspecified atom stereocenters. The first-order valence-corrected chi connectivity index (χ1v) is 10.7. The van der Waals surface area contributed by atoms with Gasteiger partial charge in [0.1, 0.15) is 5.76 Å². The fraction of sp³-hybridized carbons (Fsp3) is 0.261. The Labute approximate surface area is 179 Å². The summed E-state index contributed by atoms with van der Waals surface area (Å²) in [5.41, 5.74) is 7.78. The zero-order valence-corrected chi connectivity index (χ0v) is 18.0. The van der Waals surface area contributed by atoms with Gasteiger partial charge in [-0.05, 0) is 62.3 Å². The zero-order valence-electron chi connectivity index (χ0n) is 17.2. The number of nitrogens with zero attached hydrogens (tertiary/aromatic N) is 1. The highest BCUT2D eigenvalue weighted by molar-refractivity contribution is 7.12. The van der Waals surface area contributed by atoms with Gasteiger partial charge in [-0.25, -0.2) is 5.43 Å². The Morgan fingerprint density at radius 3 is 2.70 bits per heavy atom. The number of fused-ring (bicyclic) bond motifs is 1. The summed E-state index contributed by atoms with van der Waals surface area (Å²) in [4.78, 5) is 25.8. The molecule has 0 aliphatic heterocycles. The summed E-state index contributed by atoms with van der Waals surface area (Å²) in [5.74, 6) is 0.519. The van der Waals surface area contributed by atoms with Gasteiger partial charge in [0.25, 0.3) is 11.8 Å². The van der Waals surface area contributed by atoms with E-state index in [9.17, 15) is 9.59 Å². The summed E-state index contributed by atoms with van der Waals surface area (Å²) < 4.78 is 5.95. The summed E-state index contributed by atoms with van der Waals surface area (Å²) in [7, 11) is 0. The molecule has 2 N–H and O–H groups in total. The van der Waals surface area contributed by atoms with Crippen molar-refractivity contribution in [2.24, 2.45) is 5.10 Å². The van der Waals surface area contributed by atoms with Gasteiger partial charge in [-0.2, -0.15) is 5.10 Å². The first kappa shape index (κ1) is 20.1. The van der Waals surface area contributed by atoms with E-state index >= 15 is 0 Å². The van der Waals surface area contributed by atoms with E-state index in [4.69, 9.17) is 4.42 Å². The normalized spacial score (nSPS) is 14.4. The number of carbonyl (C=O) groups is 2. The lowest BCUT2D eigenvalue weighted by molar-refractivity contribution is 0.0957. The molecule has 1 aliphatic carbocycles. The molecule has 7 heteroatoms. The lowest BCUT2D eigenvalue weighted by atomic mass is 9.93. The van der Waals surface area contributed by atoms with Crippen LogP contribution in [0.2, 0.25) is 0 Å². The molecule has 2 amide bonds. The number of hydrogen-bond donors (Lipinski definition) is 2. The topological polar surface area (TPSA) is 83.7 Å². The standard InChI is InChI=1S/C23H23N3O3S/c1-13-9-10-14(2)17(12-13)24-23(28)21-15(3)20-16(6-4-7-18(20)29-21)25-26-22(27)19-8-5-11-30-19/h5,8-12H,4,6-7H2,1-3H3,(H,24,28)(H,26,27)/b25-16+. The highest BCUT2D eigenvalue weighted by atomic mass is 32.1. The molecule has 2 heterocycles. The van der Waals surface area contributed by atoms with Gasteiger partial charge in [0.15, 0.2) is 5.76 Å². The number of nitrogens with one attached hydrogen (secondary N) is 2. The largest absolute Gasteiger partial charge is 0.455 e. The fourth-order valence-electron chi connectivity index (χ4n) is 3.63. The molecule has 0 radical (unpaired) electrons. The SMILES string of the molecule is Cc1ccc(C)c(NC(=O)c2oc3c(c2C)/C(=N/NC(=O)c2cccs2)CCC3)c1. The number of hydrogen-bond acceptors (Lipinski definition) is 5. The van der Waals surface area contributed by atoms with Crippen LogP contribution < -0.4 is 10.7 Å². The van der Waals surface area contributed by atoms with Crippen LogP contribution in [0.15, 0.2) is 45.2 Å². The van der Waals surface area contributed by atoms with Gasteiger partial charge in [0, 0.05) is 23.2 Å². The maximum absolute atomic E-state index is 12.9. The van der Waals surface area contributed by atoms with E-state index in [1.165, 1.54) is 11.3 Å². The Kier molecular flexibility index (Phi) is 5.55. The Morgan fingerprint density at radius 2 is 1.93 bits per heavy atom. The Morgan fingerprint density at radius 1 is 1.10 bits per heavy atom. The lowest BCUT2D eigenvalue weighted by Gasteiger charge is -2.13. The van der Waals surface area contributed by atoms with Gasteiger partial charge < -0.3 is 9.73 Å². The van der Waals surface area contributed by atoms with Crippen molar-refractivity contribution in [1.82, 2.24) is 5.43 Å². The van der Waals surface area contributed by atoms with Crippen molar-refractivity contribution < 1.29 is 14.0 Å². The van der Waals surface area contributed by atoms with Crippen molar-refractivity contribution in [2.75, 3.05) is 5.32 Å². The van der Waals surface area contributed by atoms with Crippen LogP contribution in [0, 0.1) is 20.8 Å².